The number of rotatable bonds is 3. The molecule has 0 unspecified atom stereocenters. The molecule has 0 N–H and O–H groups in total. The van der Waals surface area contributed by atoms with Gasteiger partial charge in [0.15, 0.2) is 0 Å². The number of hydrogen-bond donors (Lipinski definition) is 0. The third kappa shape index (κ3) is 2.88. The first-order valence-electron chi connectivity index (χ1n) is 5.64. The quantitative estimate of drug-likeness (QED) is 0.854. The number of halogens is 2. The lowest BCUT2D eigenvalue weighted by Gasteiger charge is -2.19. The molecule has 1 aromatic heterocycles. The van der Waals surface area contributed by atoms with E-state index in [0.717, 1.165) is 15.9 Å². The molecule has 1 heterocycles. The van der Waals surface area contributed by atoms with Crippen molar-refractivity contribution in [2.24, 2.45) is 0 Å². The van der Waals surface area contributed by atoms with E-state index in [0.29, 0.717) is 12.1 Å². The molecule has 4 heteroatoms. The molecule has 0 aliphatic rings. The normalized spacial score (nSPS) is 10.4. The van der Waals surface area contributed by atoms with Crippen molar-refractivity contribution < 1.29 is 4.39 Å². The molecule has 0 saturated carbocycles. The first kappa shape index (κ1) is 13.0. The molecule has 2 aromatic rings. The number of nitrogens with zero attached hydrogens (tertiary/aromatic N) is 2. The lowest BCUT2D eigenvalue weighted by Crippen LogP contribution is -2.18. The first-order chi connectivity index (χ1) is 8.58. The second-order valence-electron chi connectivity index (χ2n) is 4.24. The van der Waals surface area contributed by atoms with Crippen LogP contribution in [0.25, 0.3) is 0 Å². The monoisotopic (exact) mass is 308 g/mol. The zero-order valence-electron chi connectivity index (χ0n) is 10.3. The molecule has 1 aromatic carbocycles. The fraction of sp³-hybridized carbons (Fsp3) is 0.214. The average molecular weight is 309 g/mol. The summed E-state index contributed by atoms with van der Waals surface area (Å²) in [5.41, 5.74) is 1.78. The molecule has 0 radical (unpaired) electrons. The van der Waals surface area contributed by atoms with Crippen LogP contribution in [0, 0.1) is 12.7 Å². The van der Waals surface area contributed by atoms with Gasteiger partial charge in [0, 0.05) is 29.8 Å². The molecule has 0 aliphatic heterocycles. The van der Waals surface area contributed by atoms with Crippen LogP contribution in [-0.4, -0.2) is 12.0 Å². The lowest BCUT2D eigenvalue weighted by atomic mass is 10.2. The molecule has 0 fully saturated rings. The molecule has 0 bridgehead atoms. The van der Waals surface area contributed by atoms with Crippen LogP contribution in [0.15, 0.2) is 41.0 Å². The molecule has 0 spiro atoms. The average Bonchev–Trinajstić information content (AvgIpc) is 2.35. The number of aryl methyl sites for hydroxylation is 1. The van der Waals surface area contributed by atoms with Crippen molar-refractivity contribution in [3.63, 3.8) is 0 Å². The third-order valence-corrected chi connectivity index (χ3v) is 3.62. The van der Waals surface area contributed by atoms with Gasteiger partial charge in [-0.15, -0.1) is 0 Å². The minimum absolute atomic E-state index is 0.182. The Hall–Kier alpha value is -1.42. The van der Waals surface area contributed by atoms with E-state index < -0.39 is 0 Å². The molecule has 2 rings (SSSR count). The van der Waals surface area contributed by atoms with Gasteiger partial charge in [-0.1, -0.05) is 18.2 Å². The van der Waals surface area contributed by atoms with Crippen LogP contribution in [0.4, 0.5) is 10.2 Å². The van der Waals surface area contributed by atoms with E-state index in [1.54, 1.807) is 18.3 Å². The highest BCUT2D eigenvalue weighted by Crippen LogP contribution is 2.20. The second-order valence-corrected chi connectivity index (χ2v) is 5.09. The Kier molecular flexibility index (Phi) is 3.97. The van der Waals surface area contributed by atoms with E-state index in [9.17, 15) is 4.39 Å². The Labute approximate surface area is 115 Å². The molecule has 0 aliphatic carbocycles. The minimum atomic E-state index is -0.182. The Morgan fingerprint density at radius 1 is 1.33 bits per heavy atom. The molecule has 2 nitrogen and oxygen atoms in total. The summed E-state index contributed by atoms with van der Waals surface area (Å²) in [6, 6.07) is 8.78. The van der Waals surface area contributed by atoms with Crippen LogP contribution in [-0.2, 0) is 6.54 Å². The number of benzene rings is 1. The molecule has 94 valence electrons. The van der Waals surface area contributed by atoms with Crippen molar-refractivity contribution in [3.05, 3.63) is 57.9 Å². The van der Waals surface area contributed by atoms with Crippen molar-refractivity contribution >= 4 is 21.7 Å². The molecular formula is C14H14BrFN2. The van der Waals surface area contributed by atoms with E-state index in [-0.39, 0.29) is 5.82 Å². The zero-order chi connectivity index (χ0) is 13.1. The van der Waals surface area contributed by atoms with Crippen molar-refractivity contribution in [3.8, 4) is 0 Å². The SMILES string of the molecule is Cc1cc(N(C)Cc2ccccc2F)ncc1Br. The van der Waals surface area contributed by atoms with E-state index >= 15 is 0 Å². The van der Waals surface area contributed by atoms with Crippen molar-refractivity contribution in [1.82, 2.24) is 4.98 Å². The smallest absolute Gasteiger partial charge is 0.128 e. The van der Waals surface area contributed by atoms with E-state index in [4.69, 9.17) is 0 Å². The van der Waals surface area contributed by atoms with Crippen LogP contribution >= 0.6 is 15.9 Å². The Morgan fingerprint density at radius 3 is 2.72 bits per heavy atom. The highest BCUT2D eigenvalue weighted by atomic mass is 79.9. The van der Waals surface area contributed by atoms with Crippen LogP contribution in [0.2, 0.25) is 0 Å². The van der Waals surface area contributed by atoms with E-state index in [1.807, 2.05) is 31.0 Å². The van der Waals surface area contributed by atoms with E-state index in [2.05, 4.69) is 20.9 Å². The van der Waals surface area contributed by atoms with Crippen molar-refractivity contribution in [1.29, 1.82) is 0 Å². The number of hydrogen-bond acceptors (Lipinski definition) is 2. The topological polar surface area (TPSA) is 16.1 Å². The van der Waals surface area contributed by atoms with Crippen LogP contribution < -0.4 is 4.90 Å². The lowest BCUT2D eigenvalue weighted by molar-refractivity contribution is 0.607. The standard InChI is InChI=1S/C14H14BrFN2/c1-10-7-14(17-8-12(10)15)18(2)9-11-5-3-4-6-13(11)16/h3-8H,9H2,1-2H3. The molecule has 18 heavy (non-hydrogen) atoms. The number of aromatic nitrogens is 1. The first-order valence-corrected chi connectivity index (χ1v) is 6.44. The summed E-state index contributed by atoms with van der Waals surface area (Å²) in [5, 5.41) is 0. The largest absolute Gasteiger partial charge is 0.355 e. The van der Waals surface area contributed by atoms with Crippen LogP contribution in [0.1, 0.15) is 11.1 Å². The van der Waals surface area contributed by atoms with Gasteiger partial charge < -0.3 is 4.90 Å². The Morgan fingerprint density at radius 2 is 2.06 bits per heavy atom. The highest BCUT2D eigenvalue weighted by Gasteiger charge is 2.08. The summed E-state index contributed by atoms with van der Waals surface area (Å²) in [4.78, 5) is 6.25. The van der Waals surface area contributed by atoms with Crippen molar-refractivity contribution in [2.45, 2.75) is 13.5 Å². The fourth-order valence-corrected chi connectivity index (χ4v) is 1.91. The summed E-state index contributed by atoms with van der Waals surface area (Å²) in [5.74, 6) is 0.650. The molecular weight excluding hydrogens is 295 g/mol. The van der Waals surface area contributed by atoms with Gasteiger partial charge in [-0.05, 0) is 40.5 Å². The van der Waals surface area contributed by atoms with Crippen LogP contribution in [0.5, 0.6) is 0 Å². The van der Waals surface area contributed by atoms with E-state index in [1.165, 1.54) is 6.07 Å². The predicted octanol–water partition coefficient (Wildman–Crippen LogP) is 3.93. The maximum Gasteiger partial charge on any atom is 0.128 e. The van der Waals surface area contributed by atoms with Crippen molar-refractivity contribution in [2.75, 3.05) is 11.9 Å². The molecule has 0 saturated heterocycles. The number of pyridine rings is 1. The molecule has 0 amide bonds. The highest BCUT2D eigenvalue weighted by molar-refractivity contribution is 9.10. The fourth-order valence-electron chi connectivity index (χ4n) is 1.70. The predicted molar refractivity (Wildman–Crippen MR) is 75.2 cm³/mol. The maximum absolute atomic E-state index is 13.6. The summed E-state index contributed by atoms with van der Waals surface area (Å²) >= 11 is 3.42. The van der Waals surface area contributed by atoms with Gasteiger partial charge >= 0.3 is 0 Å². The van der Waals surface area contributed by atoms with Gasteiger partial charge in [0.05, 0.1) is 0 Å². The minimum Gasteiger partial charge on any atom is -0.355 e. The van der Waals surface area contributed by atoms with Gasteiger partial charge in [-0.2, -0.15) is 0 Å². The number of anilines is 1. The summed E-state index contributed by atoms with van der Waals surface area (Å²) in [6.07, 6.45) is 1.77. The Bertz CT molecular complexity index is 557. The summed E-state index contributed by atoms with van der Waals surface area (Å²) < 4.78 is 14.5. The van der Waals surface area contributed by atoms with Gasteiger partial charge in [0.2, 0.25) is 0 Å². The summed E-state index contributed by atoms with van der Waals surface area (Å²) in [7, 11) is 1.90. The van der Waals surface area contributed by atoms with Gasteiger partial charge in [0.1, 0.15) is 11.6 Å². The molecule has 0 atom stereocenters. The zero-order valence-corrected chi connectivity index (χ0v) is 11.9. The second kappa shape index (κ2) is 5.48. The maximum atomic E-state index is 13.6. The van der Waals surface area contributed by atoms with Gasteiger partial charge in [0.25, 0.3) is 0 Å². The van der Waals surface area contributed by atoms with Crippen LogP contribution in [0.3, 0.4) is 0 Å². The van der Waals surface area contributed by atoms with Gasteiger partial charge in [-0.25, -0.2) is 9.37 Å². The Balaban J connectivity index is 2.19. The van der Waals surface area contributed by atoms with Gasteiger partial charge in [-0.3, -0.25) is 0 Å². The summed E-state index contributed by atoms with van der Waals surface area (Å²) in [6.45, 7) is 2.51. The third-order valence-electron chi connectivity index (χ3n) is 2.79.